The zero-order valence-electron chi connectivity index (χ0n) is 13.3. The Bertz CT molecular complexity index is 890. The second kappa shape index (κ2) is 8.98. The highest BCUT2D eigenvalue weighted by atomic mass is 35.5. The van der Waals surface area contributed by atoms with Crippen LogP contribution < -0.4 is 10.1 Å². The van der Waals surface area contributed by atoms with E-state index in [0.717, 1.165) is 5.56 Å². The molecule has 0 bridgehead atoms. The maximum Gasteiger partial charge on any atom is 0.264 e. The Morgan fingerprint density at radius 1 is 1.23 bits per heavy atom. The van der Waals surface area contributed by atoms with Crippen molar-refractivity contribution in [3.63, 3.8) is 0 Å². The molecule has 0 aliphatic heterocycles. The van der Waals surface area contributed by atoms with Gasteiger partial charge in [-0.1, -0.05) is 46.8 Å². The number of hydrogen-bond donors (Lipinski definition) is 1. The number of halogens is 2. The highest BCUT2D eigenvalue weighted by Gasteiger charge is 2.10. The first-order valence-electron chi connectivity index (χ1n) is 7.47. The maximum absolute atomic E-state index is 13.2. The van der Waals surface area contributed by atoms with Gasteiger partial charge in [0, 0.05) is 10.8 Å². The molecule has 0 aliphatic carbocycles. The summed E-state index contributed by atoms with van der Waals surface area (Å²) >= 11 is 8.46. The summed E-state index contributed by atoms with van der Waals surface area (Å²) in [6.07, 6.45) is 0. The molecule has 1 aromatic heterocycles. The summed E-state index contributed by atoms with van der Waals surface area (Å²) in [4.78, 5) is 11.9. The summed E-state index contributed by atoms with van der Waals surface area (Å²) in [5.74, 6) is 0.514. The molecule has 0 saturated heterocycles. The fourth-order valence-electron chi connectivity index (χ4n) is 1.93. The number of anilines is 1. The molecule has 1 heterocycles. The van der Waals surface area contributed by atoms with Crippen molar-refractivity contribution in [2.45, 2.75) is 10.1 Å². The Morgan fingerprint density at radius 3 is 2.81 bits per heavy atom. The fraction of sp³-hybridized carbons (Fsp3) is 0.118. The van der Waals surface area contributed by atoms with Gasteiger partial charge in [-0.2, -0.15) is 0 Å². The standard InChI is InChI=1S/C17H13ClFN3O2S2/c18-12-4-6-14(7-5-12)24-9-15(23)20-16-21-22-17(26-16)25-10-11-2-1-3-13(19)8-11/h1-8H,9-10H2,(H,20,21,23). The second-order valence-corrected chi connectivity index (χ2v) is 7.72. The quantitative estimate of drug-likeness (QED) is 0.455. The van der Waals surface area contributed by atoms with E-state index in [1.54, 1.807) is 30.3 Å². The number of rotatable bonds is 7. The second-order valence-electron chi connectivity index (χ2n) is 5.08. The Balaban J connectivity index is 1.46. The van der Waals surface area contributed by atoms with Crippen LogP contribution in [0, 0.1) is 5.82 Å². The molecule has 0 atom stereocenters. The lowest BCUT2D eigenvalue weighted by Crippen LogP contribution is -2.20. The molecular formula is C17H13ClFN3O2S2. The van der Waals surface area contributed by atoms with Crippen molar-refractivity contribution in [2.24, 2.45) is 0 Å². The van der Waals surface area contributed by atoms with E-state index in [-0.39, 0.29) is 18.3 Å². The number of hydrogen-bond acceptors (Lipinski definition) is 6. The molecule has 9 heteroatoms. The average Bonchev–Trinajstić information content (AvgIpc) is 3.07. The van der Waals surface area contributed by atoms with Crippen molar-refractivity contribution in [2.75, 3.05) is 11.9 Å². The lowest BCUT2D eigenvalue weighted by molar-refractivity contribution is -0.118. The number of nitrogens with one attached hydrogen (secondary N) is 1. The number of carbonyl (C=O) groups excluding carboxylic acids is 1. The summed E-state index contributed by atoms with van der Waals surface area (Å²) in [7, 11) is 0. The summed E-state index contributed by atoms with van der Waals surface area (Å²) in [5, 5.41) is 11.5. The van der Waals surface area contributed by atoms with Crippen LogP contribution in [0.25, 0.3) is 0 Å². The molecule has 1 amide bonds. The van der Waals surface area contributed by atoms with Crippen LogP contribution in [0.2, 0.25) is 5.02 Å². The zero-order valence-corrected chi connectivity index (χ0v) is 15.7. The monoisotopic (exact) mass is 409 g/mol. The predicted molar refractivity (Wildman–Crippen MR) is 101 cm³/mol. The van der Waals surface area contributed by atoms with Crippen LogP contribution in [0.4, 0.5) is 9.52 Å². The summed E-state index contributed by atoms with van der Waals surface area (Å²) in [6, 6.07) is 13.1. The van der Waals surface area contributed by atoms with Crippen molar-refractivity contribution in [1.29, 1.82) is 0 Å². The van der Waals surface area contributed by atoms with Gasteiger partial charge in [0.05, 0.1) is 0 Å². The van der Waals surface area contributed by atoms with Crippen molar-refractivity contribution in [3.8, 4) is 5.75 Å². The first kappa shape index (κ1) is 18.6. The van der Waals surface area contributed by atoms with E-state index in [9.17, 15) is 9.18 Å². The largest absolute Gasteiger partial charge is 0.484 e. The molecule has 0 radical (unpaired) electrons. The fourth-order valence-corrected chi connectivity index (χ4v) is 3.76. The van der Waals surface area contributed by atoms with Crippen LogP contribution in [0.15, 0.2) is 52.9 Å². The third-order valence-electron chi connectivity index (χ3n) is 3.09. The number of nitrogens with zero attached hydrogens (tertiary/aromatic N) is 2. The summed E-state index contributed by atoms with van der Waals surface area (Å²) in [6.45, 7) is -0.146. The van der Waals surface area contributed by atoms with E-state index >= 15 is 0 Å². The normalized spacial score (nSPS) is 10.5. The van der Waals surface area contributed by atoms with Gasteiger partial charge in [-0.3, -0.25) is 10.1 Å². The minimum absolute atomic E-state index is 0.146. The van der Waals surface area contributed by atoms with Crippen LogP contribution in [0.5, 0.6) is 5.75 Å². The third-order valence-corrected chi connectivity index (χ3v) is 5.38. The van der Waals surface area contributed by atoms with Crippen LogP contribution in [0.1, 0.15) is 5.56 Å². The molecule has 26 heavy (non-hydrogen) atoms. The van der Waals surface area contributed by atoms with Gasteiger partial charge in [-0.15, -0.1) is 10.2 Å². The SMILES string of the molecule is O=C(COc1ccc(Cl)cc1)Nc1nnc(SCc2cccc(F)c2)s1. The van der Waals surface area contributed by atoms with E-state index in [1.165, 1.54) is 35.2 Å². The molecule has 0 unspecified atom stereocenters. The van der Waals surface area contributed by atoms with E-state index in [2.05, 4.69) is 15.5 Å². The number of benzene rings is 2. The van der Waals surface area contributed by atoms with Gasteiger partial charge in [-0.25, -0.2) is 4.39 Å². The number of aromatic nitrogens is 2. The Hall–Kier alpha value is -2.16. The molecule has 3 rings (SSSR count). The van der Waals surface area contributed by atoms with Crippen LogP contribution >= 0.6 is 34.7 Å². The van der Waals surface area contributed by atoms with Gasteiger partial charge in [0.25, 0.3) is 5.91 Å². The molecule has 0 spiro atoms. The minimum atomic E-state index is -0.335. The molecule has 3 aromatic rings. The van der Waals surface area contributed by atoms with Crippen LogP contribution in [-0.2, 0) is 10.5 Å². The van der Waals surface area contributed by atoms with E-state index in [1.807, 2.05) is 6.07 Å². The van der Waals surface area contributed by atoms with Gasteiger partial charge in [0.15, 0.2) is 10.9 Å². The summed E-state index contributed by atoms with van der Waals surface area (Å²) < 4.78 is 19.2. The van der Waals surface area contributed by atoms with E-state index in [4.69, 9.17) is 16.3 Å². The molecule has 5 nitrogen and oxygen atoms in total. The average molecular weight is 410 g/mol. The van der Waals surface area contributed by atoms with Crippen LogP contribution in [0.3, 0.4) is 0 Å². The molecule has 0 fully saturated rings. The zero-order chi connectivity index (χ0) is 18.4. The van der Waals surface area contributed by atoms with Gasteiger partial charge in [0.1, 0.15) is 11.6 Å². The molecule has 0 aliphatic rings. The highest BCUT2D eigenvalue weighted by Crippen LogP contribution is 2.28. The lowest BCUT2D eigenvalue weighted by Gasteiger charge is -2.05. The van der Waals surface area contributed by atoms with E-state index in [0.29, 0.717) is 26.0 Å². The third kappa shape index (κ3) is 5.69. The molecule has 1 N–H and O–H groups in total. The van der Waals surface area contributed by atoms with Crippen molar-refractivity contribution >= 4 is 45.7 Å². The molecule has 134 valence electrons. The molecular weight excluding hydrogens is 397 g/mol. The number of ether oxygens (including phenoxy) is 1. The van der Waals surface area contributed by atoms with Crippen molar-refractivity contribution in [3.05, 3.63) is 64.9 Å². The number of amides is 1. The van der Waals surface area contributed by atoms with E-state index < -0.39 is 0 Å². The van der Waals surface area contributed by atoms with Crippen LogP contribution in [-0.4, -0.2) is 22.7 Å². The molecule has 2 aromatic carbocycles. The van der Waals surface area contributed by atoms with Gasteiger partial charge < -0.3 is 4.74 Å². The first-order chi connectivity index (χ1) is 12.6. The number of thioether (sulfide) groups is 1. The van der Waals surface area contributed by atoms with Crippen molar-refractivity contribution in [1.82, 2.24) is 10.2 Å². The predicted octanol–water partition coefficient (Wildman–Crippen LogP) is 4.64. The van der Waals surface area contributed by atoms with Gasteiger partial charge >= 0.3 is 0 Å². The van der Waals surface area contributed by atoms with Crippen molar-refractivity contribution < 1.29 is 13.9 Å². The Morgan fingerprint density at radius 2 is 2.04 bits per heavy atom. The van der Waals surface area contributed by atoms with Gasteiger partial charge in [-0.05, 0) is 42.0 Å². The topological polar surface area (TPSA) is 64.1 Å². The summed E-state index contributed by atoms with van der Waals surface area (Å²) in [5.41, 5.74) is 0.854. The van der Waals surface area contributed by atoms with Gasteiger partial charge in [0.2, 0.25) is 5.13 Å². The lowest BCUT2D eigenvalue weighted by atomic mass is 10.2. The molecule has 0 saturated carbocycles. The Kier molecular flexibility index (Phi) is 6.43. The Labute approximate surface area is 162 Å². The number of carbonyl (C=O) groups is 1. The maximum atomic E-state index is 13.2. The first-order valence-corrected chi connectivity index (χ1v) is 9.65. The minimum Gasteiger partial charge on any atom is -0.484 e. The highest BCUT2D eigenvalue weighted by molar-refractivity contribution is 8.00. The smallest absolute Gasteiger partial charge is 0.264 e.